The van der Waals surface area contributed by atoms with E-state index < -0.39 is 0 Å². The molecular formula is C12H14N4O2. The van der Waals surface area contributed by atoms with Crippen molar-refractivity contribution in [3.05, 3.63) is 23.8 Å². The van der Waals surface area contributed by atoms with Gasteiger partial charge < -0.3 is 11.1 Å². The Kier molecular flexibility index (Phi) is 3.27. The number of rotatable bonds is 2. The van der Waals surface area contributed by atoms with Crippen LogP contribution in [0, 0.1) is 0 Å². The lowest BCUT2D eigenvalue weighted by Gasteiger charge is -2.13. The minimum atomic E-state index is -0.170. The van der Waals surface area contributed by atoms with Crippen molar-refractivity contribution < 1.29 is 9.59 Å². The summed E-state index contributed by atoms with van der Waals surface area (Å²) in [7, 11) is 0. The maximum atomic E-state index is 11.0. The second kappa shape index (κ2) is 4.87. The summed E-state index contributed by atoms with van der Waals surface area (Å²) in [5, 5.41) is 6.62. The SMILES string of the molecule is CC(=O)Nc1ccc(C2=NNC(=O)CC2)cc1N. The average Bonchev–Trinajstić information content (AvgIpc) is 2.32. The van der Waals surface area contributed by atoms with E-state index >= 15 is 0 Å². The largest absolute Gasteiger partial charge is 0.397 e. The van der Waals surface area contributed by atoms with Crippen LogP contribution in [-0.4, -0.2) is 17.5 Å². The molecule has 0 spiro atoms. The average molecular weight is 246 g/mol. The molecule has 0 radical (unpaired) electrons. The highest BCUT2D eigenvalue weighted by Gasteiger charge is 2.14. The highest BCUT2D eigenvalue weighted by atomic mass is 16.2. The molecule has 18 heavy (non-hydrogen) atoms. The minimum absolute atomic E-state index is 0.0819. The van der Waals surface area contributed by atoms with E-state index in [1.807, 2.05) is 6.07 Å². The lowest BCUT2D eigenvalue weighted by molar-refractivity contribution is -0.121. The summed E-state index contributed by atoms with van der Waals surface area (Å²) in [6, 6.07) is 5.28. The van der Waals surface area contributed by atoms with Gasteiger partial charge >= 0.3 is 0 Å². The number of carbonyl (C=O) groups is 2. The number of hydrogen-bond donors (Lipinski definition) is 3. The van der Waals surface area contributed by atoms with Gasteiger partial charge in [-0.3, -0.25) is 9.59 Å². The topological polar surface area (TPSA) is 96.6 Å². The molecule has 1 aromatic carbocycles. The van der Waals surface area contributed by atoms with Gasteiger partial charge in [-0.2, -0.15) is 5.10 Å². The quantitative estimate of drug-likeness (QED) is 0.674. The van der Waals surface area contributed by atoms with Gasteiger partial charge in [0.05, 0.1) is 17.1 Å². The van der Waals surface area contributed by atoms with Gasteiger partial charge in [-0.15, -0.1) is 0 Å². The smallest absolute Gasteiger partial charge is 0.240 e. The van der Waals surface area contributed by atoms with E-state index in [1.54, 1.807) is 12.1 Å². The Morgan fingerprint density at radius 2 is 2.22 bits per heavy atom. The fourth-order valence-electron chi connectivity index (χ4n) is 1.73. The molecular weight excluding hydrogens is 232 g/mol. The van der Waals surface area contributed by atoms with Crippen LogP contribution in [0.3, 0.4) is 0 Å². The highest BCUT2D eigenvalue weighted by Crippen LogP contribution is 2.21. The summed E-state index contributed by atoms with van der Waals surface area (Å²) in [5.41, 5.74) is 11.0. The van der Waals surface area contributed by atoms with Crippen molar-refractivity contribution in [3.63, 3.8) is 0 Å². The van der Waals surface area contributed by atoms with Gasteiger partial charge in [0, 0.05) is 19.8 Å². The zero-order chi connectivity index (χ0) is 13.1. The van der Waals surface area contributed by atoms with Crippen molar-refractivity contribution in [1.82, 2.24) is 5.43 Å². The van der Waals surface area contributed by atoms with Crippen LogP contribution in [0.25, 0.3) is 0 Å². The molecule has 0 saturated heterocycles. The summed E-state index contributed by atoms with van der Waals surface area (Å²) in [6.45, 7) is 1.42. The Bertz CT molecular complexity index is 537. The fourth-order valence-corrected chi connectivity index (χ4v) is 1.73. The molecule has 0 bridgehead atoms. The van der Waals surface area contributed by atoms with E-state index in [0.29, 0.717) is 24.2 Å². The Morgan fingerprint density at radius 1 is 1.44 bits per heavy atom. The van der Waals surface area contributed by atoms with Gasteiger partial charge in [0.15, 0.2) is 0 Å². The molecule has 1 aliphatic rings. The first-order valence-corrected chi connectivity index (χ1v) is 5.59. The van der Waals surface area contributed by atoms with Gasteiger partial charge in [-0.25, -0.2) is 5.43 Å². The van der Waals surface area contributed by atoms with E-state index in [4.69, 9.17) is 5.73 Å². The molecule has 0 aromatic heterocycles. The Labute approximate surface area is 104 Å². The first kappa shape index (κ1) is 12.1. The predicted molar refractivity (Wildman–Crippen MR) is 69.1 cm³/mol. The maximum Gasteiger partial charge on any atom is 0.240 e. The number of nitrogens with zero attached hydrogens (tertiary/aromatic N) is 1. The number of carbonyl (C=O) groups excluding carboxylic acids is 2. The van der Waals surface area contributed by atoms with E-state index in [1.165, 1.54) is 6.92 Å². The van der Waals surface area contributed by atoms with Crippen molar-refractivity contribution in [2.45, 2.75) is 19.8 Å². The standard InChI is InChI=1S/C12H14N4O2/c1-7(17)14-11-3-2-8(6-9(11)13)10-4-5-12(18)16-15-10/h2-3,6H,4-5,13H2,1H3,(H,14,17)(H,16,18). The number of nitrogen functional groups attached to an aromatic ring is 1. The Balaban J connectivity index is 2.23. The third kappa shape index (κ3) is 2.65. The summed E-state index contributed by atoms with van der Waals surface area (Å²) < 4.78 is 0. The van der Waals surface area contributed by atoms with E-state index in [0.717, 1.165) is 11.3 Å². The molecule has 1 heterocycles. The number of nitrogens with two attached hydrogens (primary N) is 1. The lowest BCUT2D eigenvalue weighted by Crippen LogP contribution is -2.26. The number of hydrazone groups is 1. The molecule has 2 amide bonds. The third-order valence-electron chi connectivity index (χ3n) is 2.60. The fraction of sp³-hybridized carbons (Fsp3) is 0.250. The molecule has 0 saturated carbocycles. The normalized spacial score (nSPS) is 14.7. The molecule has 94 valence electrons. The highest BCUT2D eigenvalue weighted by molar-refractivity contribution is 6.05. The molecule has 4 N–H and O–H groups in total. The number of benzene rings is 1. The van der Waals surface area contributed by atoms with Crippen LogP contribution in [-0.2, 0) is 9.59 Å². The van der Waals surface area contributed by atoms with E-state index in [9.17, 15) is 9.59 Å². The lowest BCUT2D eigenvalue weighted by atomic mass is 10.0. The number of anilines is 2. The number of hydrogen-bond acceptors (Lipinski definition) is 4. The first-order chi connectivity index (χ1) is 8.56. The van der Waals surface area contributed by atoms with Crippen molar-refractivity contribution in [1.29, 1.82) is 0 Å². The molecule has 0 atom stereocenters. The van der Waals surface area contributed by atoms with Gasteiger partial charge in [-0.05, 0) is 17.7 Å². The third-order valence-corrected chi connectivity index (χ3v) is 2.60. The van der Waals surface area contributed by atoms with E-state index in [-0.39, 0.29) is 11.8 Å². The van der Waals surface area contributed by atoms with Crippen molar-refractivity contribution in [2.24, 2.45) is 5.10 Å². The van der Waals surface area contributed by atoms with Gasteiger partial charge in [0.25, 0.3) is 0 Å². The van der Waals surface area contributed by atoms with Gasteiger partial charge in [-0.1, -0.05) is 6.07 Å². The van der Waals surface area contributed by atoms with Gasteiger partial charge in [0.2, 0.25) is 11.8 Å². The van der Waals surface area contributed by atoms with Crippen LogP contribution in [0.5, 0.6) is 0 Å². The zero-order valence-corrected chi connectivity index (χ0v) is 9.99. The summed E-state index contributed by atoms with van der Waals surface area (Å²) >= 11 is 0. The zero-order valence-electron chi connectivity index (χ0n) is 9.99. The van der Waals surface area contributed by atoms with Crippen LogP contribution in [0.4, 0.5) is 11.4 Å². The second-order valence-electron chi connectivity index (χ2n) is 4.08. The van der Waals surface area contributed by atoms with E-state index in [2.05, 4.69) is 15.8 Å². The van der Waals surface area contributed by atoms with Crippen molar-refractivity contribution >= 4 is 28.9 Å². The molecule has 1 aliphatic heterocycles. The monoisotopic (exact) mass is 246 g/mol. The minimum Gasteiger partial charge on any atom is -0.397 e. The predicted octanol–water partition coefficient (Wildman–Crippen LogP) is 0.841. The van der Waals surface area contributed by atoms with Crippen molar-refractivity contribution in [2.75, 3.05) is 11.1 Å². The maximum absolute atomic E-state index is 11.0. The molecule has 2 rings (SSSR count). The number of nitrogens with one attached hydrogen (secondary N) is 2. The summed E-state index contributed by atoms with van der Waals surface area (Å²) in [4.78, 5) is 21.9. The first-order valence-electron chi connectivity index (χ1n) is 5.59. The van der Waals surface area contributed by atoms with Crippen LogP contribution in [0.2, 0.25) is 0 Å². The summed E-state index contributed by atoms with van der Waals surface area (Å²) in [6.07, 6.45) is 1.01. The molecule has 0 unspecified atom stereocenters. The molecule has 1 aromatic rings. The molecule has 0 aliphatic carbocycles. The molecule has 0 fully saturated rings. The summed E-state index contributed by atoms with van der Waals surface area (Å²) in [5.74, 6) is -0.252. The van der Waals surface area contributed by atoms with Crippen LogP contribution in [0.15, 0.2) is 23.3 Å². The molecule has 6 heteroatoms. The van der Waals surface area contributed by atoms with Crippen LogP contribution < -0.4 is 16.5 Å². The Hall–Kier alpha value is -2.37. The molecule has 6 nitrogen and oxygen atoms in total. The number of amides is 2. The van der Waals surface area contributed by atoms with Crippen molar-refractivity contribution in [3.8, 4) is 0 Å². The second-order valence-corrected chi connectivity index (χ2v) is 4.08. The van der Waals surface area contributed by atoms with Crippen LogP contribution >= 0.6 is 0 Å². The van der Waals surface area contributed by atoms with Crippen LogP contribution in [0.1, 0.15) is 25.3 Å². The Morgan fingerprint density at radius 3 is 2.78 bits per heavy atom. The van der Waals surface area contributed by atoms with Gasteiger partial charge in [0.1, 0.15) is 0 Å².